The second-order valence-electron chi connectivity index (χ2n) is 6.48. The third kappa shape index (κ3) is 4.70. The number of rotatable bonds is 4. The van der Waals surface area contributed by atoms with Crippen LogP contribution >= 0.6 is 11.8 Å². The predicted molar refractivity (Wildman–Crippen MR) is 93.2 cm³/mol. The lowest BCUT2D eigenvalue weighted by Crippen LogP contribution is -2.48. The molecule has 1 atom stereocenters. The summed E-state index contributed by atoms with van der Waals surface area (Å²) < 4.78 is 13.0. The van der Waals surface area contributed by atoms with Crippen molar-refractivity contribution >= 4 is 17.7 Å². The van der Waals surface area contributed by atoms with E-state index in [1.54, 1.807) is 12.1 Å². The fourth-order valence-electron chi connectivity index (χ4n) is 3.45. The Morgan fingerprint density at radius 1 is 1.13 bits per heavy atom. The number of likely N-dealkylation sites (tertiary alicyclic amines) is 1. The van der Waals surface area contributed by atoms with Crippen molar-refractivity contribution in [1.29, 1.82) is 0 Å². The minimum atomic E-state index is -0.251. The van der Waals surface area contributed by atoms with E-state index in [4.69, 9.17) is 0 Å². The zero-order valence-corrected chi connectivity index (χ0v) is 14.4. The summed E-state index contributed by atoms with van der Waals surface area (Å²) in [6.45, 7) is 4.19. The second kappa shape index (κ2) is 8.15. The highest BCUT2D eigenvalue weighted by Crippen LogP contribution is 2.20. The predicted octanol–water partition coefficient (Wildman–Crippen LogP) is 2.80. The Morgan fingerprint density at radius 2 is 1.87 bits per heavy atom. The van der Waals surface area contributed by atoms with Crippen LogP contribution in [0.1, 0.15) is 24.8 Å². The van der Waals surface area contributed by atoms with Gasteiger partial charge in [-0.05, 0) is 55.8 Å². The first-order chi connectivity index (χ1) is 11.2. The summed E-state index contributed by atoms with van der Waals surface area (Å²) in [5.74, 6) is 2.10. The van der Waals surface area contributed by atoms with Crippen LogP contribution in [-0.4, -0.2) is 59.4 Å². The number of carbonyl (C=O) groups is 1. The SMILES string of the molecule is O=C(Cc1ccc(F)cc1)N1CCCSC[C@H]1CN1CCCC1. The van der Waals surface area contributed by atoms with Gasteiger partial charge in [-0.1, -0.05) is 12.1 Å². The topological polar surface area (TPSA) is 23.6 Å². The fourth-order valence-corrected chi connectivity index (χ4v) is 4.51. The van der Waals surface area contributed by atoms with E-state index in [0.717, 1.165) is 36.6 Å². The van der Waals surface area contributed by atoms with Crippen molar-refractivity contribution in [1.82, 2.24) is 9.80 Å². The van der Waals surface area contributed by atoms with Crippen molar-refractivity contribution < 1.29 is 9.18 Å². The number of halogens is 1. The molecule has 1 aromatic carbocycles. The van der Waals surface area contributed by atoms with E-state index >= 15 is 0 Å². The maximum atomic E-state index is 13.0. The molecule has 0 N–H and O–H groups in total. The normalized spacial score (nSPS) is 23.0. The quantitative estimate of drug-likeness (QED) is 0.845. The number of amides is 1. The van der Waals surface area contributed by atoms with E-state index in [9.17, 15) is 9.18 Å². The Balaban J connectivity index is 1.65. The summed E-state index contributed by atoms with van der Waals surface area (Å²) in [6.07, 6.45) is 4.00. The molecule has 3 rings (SSSR count). The molecule has 126 valence electrons. The molecule has 0 saturated carbocycles. The van der Waals surface area contributed by atoms with Crippen molar-refractivity contribution in [3.8, 4) is 0 Å². The van der Waals surface area contributed by atoms with Crippen LogP contribution in [0.15, 0.2) is 24.3 Å². The summed E-state index contributed by atoms with van der Waals surface area (Å²) in [4.78, 5) is 17.4. The van der Waals surface area contributed by atoms with Gasteiger partial charge in [-0.15, -0.1) is 0 Å². The Labute approximate surface area is 142 Å². The molecule has 0 spiro atoms. The Morgan fingerprint density at radius 3 is 2.61 bits per heavy atom. The minimum absolute atomic E-state index is 0.184. The van der Waals surface area contributed by atoms with Gasteiger partial charge in [0.15, 0.2) is 0 Å². The van der Waals surface area contributed by atoms with Crippen LogP contribution in [0.25, 0.3) is 0 Å². The van der Waals surface area contributed by atoms with Crippen LogP contribution in [-0.2, 0) is 11.2 Å². The van der Waals surface area contributed by atoms with Crippen molar-refractivity contribution in [3.05, 3.63) is 35.6 Å². The highest BCUT2D eigenvalue weighted by atomic mass is 32.2. The van der Waals surface area contributed by atoms with Gasteiger partial charge in [-0.2, -0.15) is 11.8 Å². The van der Waals surface area contributed by atoms with Crippen LogP contribution in [0.5, 0.6) is 0 Å². The molecule has 1 amide bonds. The van der Waals surface area contributed by atoms with Gasteiger partial charge >= 0.3 is 0 Å². The standard InChI is InChI=1S/C18H25FN2OS/c19-16-6-4-15(5-7-16)12-18(22)21-10-3-11-23-14-17(21)13-20-8-1-2-9-20/h4-7,17H,1-3,8-14H2/t17-/m1/s1. The summed E-state index contributed by atoms with van der Waals surface area (Å²) in [5, 5.41) is 0. The molecule has 23 heavy (non-hydrogen) atoms. The molecule has 2 saturated heterocycles. The lowest BCUT2D eigenvalue weighted by atomic mass is 10.1. The molecule has 2 aliphatic rings. The Hall–Kier alpha value is -1.07. The third-order valence-electron chi connectivity index (χ3n) is 4.70. The van der Waals surface area contributed by atoms with Crippen molar-refractivity contribution in [2.24, 2.45) is 0 Å². The van der Waals surface area contributed by atoms with Gasteiger partial charge in [0.2, 0.25) is 5.91 Å². The number of hydrogen-bond acceptors (Lipinski definition) is 3. The van der Waals surface area contributed by atoms with E-state index in [1.807, 2.05) is 11.8 Å². The number of hydrogen-bond donors (Lipinski definition) is 0. The molecule has 3 nitrogen and oxygen atoms in total. The average molecular weight is 336 g/mol. The van der Waals surface area contributed by atoms with E-state index in [2.05, 4.69) is 9.80 Å². The van der Waals surface area contributed by atoms with E-state index < -0.39 is 0 Å². The maximum Gasteiger partial charge on any atom is 0.227 e. The number of carbonyl (C=O) groups excluding carboxylic acids is 1. The van der Waals surface area contributed by atoms with Crippen LogP contribution in [0, 0.1) is 5.82 Å². The number of nitrogens with zero attached hydrogens (tertiary/aromatic N) is 2. The lowest BCUT2D eigenvalue weighted by Gasteiger charge is -2.33. The monoisotopic (exact) mass is 336 g/mol. The van der Waals surface area contributed by atoms with Crippen molar-refractivity contribution in [2.75, 3.05) is 37.7 Å². The molecular weight excluding hydrogens is 311 g/mol. The molecule has 0 unspecified atom stereocenters. The van der Waals surface area contributed by atoms with Crippen molar-refractivity contribution in [2.45, 2.75) is 31.7 Å². The number of thioether (sulfide) groups is 1. The third-order valence-corrected chi connectivity index (χ3v) is 5.89. The van der Waals surface area contributed by atoms with Gasteiger partial charge < -0.3 is 9.80 Å². The van der Waals surface area contributed by atoms with Gasteiger partial charge in [0.05, 0.1) is 12.5 Å². The van der Waals surface area contributed by atoms with Crippen LogP contribution in [0.4, 0.5) is 4.39 Å². The van der Waals surface area contributed by atoms with Gasteiger partial charge in [0, 0.05) is 18.8 Å². The van der Waals surface area contributed by atoms with Gasteiger partial charge in [-0.3, -0.25) is 4.79 Å². The Bertz CT molecular complexity index is 516. The second-order valence-corrected chi connectivity index (χ2v) is 7.63. The maximum absolute atomic E-state index is 13.0. The van der Waals surface area contributed by atoms with E-state index in [0.29, 0.717) is 12.5 Å². The van der Waals surface area contributed by atoms with Crippen molar-refractivity contribution in [3.63, 3.8) is 0 Å². The molecular formula is C18H25FN2OS. The van der Waals surface area contributed by atoms with Crippen LogP contribution in [0.3, 0.4) is 0 Å². The molecule has 0 aromatic heterocycles. The summed E-state index contributed by atoms with van der Waals surface area (Å²) in [6, 6.07) is 6.61. The smallest absolute Gasteiger partial charge is 0.227 e. The summed E-state index contributed by atoms with van der Waals surface area (Å²) in [7, 11) is 0. The zero-order valence-electron chi connectivity index (χ0n) is 13.5. The van der Waals surface area contributed by atoms with Crippen LogP contribution < -0.4 is 0 Å². The molecule has 0 radical (unpaired) electrons. The molecule has 2 aliphatic heterocycles. The Kier molecular flexibility index (Phi) is 5.95. The molecule has 5 heteroatoms. The van der Waals surface area contributed by atoms with E-state index in [1.165, 1.54) is 38.1 Å². The van der Waals surface area contributed by atoms with E-state index in [-0.39, 0.29) is 11.7 Å². The molecule has 2 heterocycles. The zero-order chi connectivity index (χ0) is 16.1. The van der Waals surface area contributed by atoms with Gasteiger partial charge in [-0.25, -0.2) is 4.39 Å². The lowest BCUT2D eigenvalue weighted by molar-refractivity contribution is -0.132. The highest BCUT2D eigenvalue weighted by Gasteiger charge is 2.28. The molecule has 1 aromatic rings. The summed E-state index contributed by atoms with van der Waals surface area (Å²) in [5.41, 5.74) is 0.897. The molecule has 2 fully saturated rings. The summed E-state index contributed by atoms with van der Waals surface area (Å²) >= 11 is 1.97. The average Bonchev–Trinajstić information content (AvgIpc) is 2.94. The molecule has 0 bridgehead atoms. The molecule has 0 aliphatic carbocycles. The minimum Gasteiger partial charge on any atom is -0.337 e. The first-order valence-corrected chi connectivity index (χ1v) is 9.72. The van der Waals surface area contributed by atoms with Crippen LogP contribution in [0.2, 0.25) is 0 Å². The first kappa shape index (κ1) is 16.8. The van der Waals surface area contributed by atoms with Gasteiger partial charge in [0.1, 0.15) is 5.82 Å². The first-order valence-electron chi connectivity index (χ1n) is 8.56. The number of benzene rings is 1. The highest BCUT2D eigenvalue weighted by molar-refractivity contribution is 7.99. The van der Waals surface area contributed by atoms with Gasteiger partial charge in [0.25, 0.3) is 0 Å². The largest absolute Gasteiger partial charge is 0.337 e. The fraction of sp³-hybridized carbons (Fsp3) is 0.611.